The predicted molar refractivity (Wildman–Crippen MR) is 95.8 cm³/mol. The molecule has 1 heterocycles. The van der Waals surface area contributed by atoms with E-state index in [-0.39, 0.29) is 0 Å². The molecule has 0 aliphatic carbocycles. The molecule has 3 rings (SSSR count). The van der Waals surface area contributed by atoms with Crippen LogP contribution in [0.2, 0.25) is 0 Å². The summed E-state index contributed by atoms with van der Waals surface area (Å²) in [5, 5.41) is 0.897. The molecule has 128 valence electrons. The Kier molecular flexibility index (Phi) is 4.48. The van der Waals surface area contributed by atoms with E-state index in [1.807, 2.05) is 24.3 Å². The van der Waals surface area contributed by atoms with Gasteiger partial charge in [-0.15, -0.1) is 0 Å². The molecule has 0 radical (unpaired) electrons. The van der Waals surface area contributed by atoms with E-state index < -0.39 is 0 Å². The Balaban J connectivity index is 2.07. The molecule has 0 amide bonds. The molecule has 0 saturated heterocycles. The van der Waals surface area contributed by atoms with Crippen LogP contribution >= 0.6 is 0 Å². The molecular weight excluding hydrogens is 320 g/mol. The lowest BCUT2D eigenvalue weighted by molar-refractivity contribution is 0.112. The number of carbonyl (C=O) groups excluding carboxylic acids is 1. The zero-order chi connectivity index (χ0) is 18.0. The number of furan rings is 1. The van der Waals surface area contributed by atoms with E-state index in [1.54, 1.807) is 33.5 Å². The van der Waals surface area contributed by atoms with E-state index in [4.69, 9.17) is 18.6 Å². The minimum atomic E-state index is 0.516. The van der Waals surface area contributed by atoms with Gasteiger partial charge in [-0.1, -0.05) is 18.7 Å². The second kappa shape index (κ2) is 6.73. The van der Waals surface area contributed by atoms with Gasteiger partial charge in [-0.25, -0.2) is 0 Å². The van der Waals surface area contributed by atoms with Crippen molar-refractivity contribution in [3.05, 3.63) is 59.9 Å². The summed E-state index contributed by atoms with van der Waals surface area (Å²) in [5.74, 6) is 2.20. The number of hydrogen-bond acceptors (Lipinski definition) is 5. The average Bonchev–Trinajstić information content (AvgIpc) is 3.08. The van der Waals surface area contributed by atoms with Crippen molar-refractivity contribution in [3.8, 4) is 17.2 Å². The van der Waals surface area contributed by atoms with Crippen LogP contribution in [0.15, 0.2) is 47.4 Å². The largest absolute Gasteiger partial charge is 0.493 e. The molecule has 3 aromatic rings. The Morgan fingerprint density at radius 1 is 1.00 bits per heavy atom. The van der Waals surface area contributed by atoms with E-state index in [9.17, 15) is 4.79 Å². The zero-order valence-corrected chi connectivity index (χ0v) is 14.3. The number of hydrogen-bond donors (Lipinski definition) is 0. The molecule has 5 nitrogen and oxygen atoms in total. The van der Waals surface area contributed by atoms with E-state index in [0.29, 0.717) is 39.7 Å². The fraction of sp³-hybridized carbons (Fsp3) is 0.150. The lowest BCUT2D eigenvalue weighted by Gasteiger charge is -2.14. The molecule has 5 heteroatoms. The monoisotopic (exact) mass is 338 g/mol. The topological polar surface area (TPSA) is 57.9 Å². The molecule has 0 aliphatic heterocycles. The Morgan fingerprint density at radius 3 is 2.24 bits per heavy atom. The van der Waals surface area contributed by atoms with Gasteiger partial charge >= 0.3 is 0 Å². The SMILES string of the molecule is C=C(c1cc(OC)c(OC)c(OC)c1)c1cc2ccc(C=O)cc2o1. The van der Waals surface area contributed by atoms with E-state index >= 15 is 0 Å². The van der Waals surface area contributed by atoms with E-state index in [1.165, 1.54) is 0 Å². The van der Waals surface area contributed by atoms with Crippen LogP contribution in [0.1, 0.15) is 21.7 Å². The molecule has 0 aliphatic rings. The number of aldehydes is 1. The summed E-state index contributed by atoms with van der Waals surface area (Å²) in [6, 6.07) is 10.8. The highest BCUT2D eigenvalue weighted by molar-refractivity contribution is 5.89. The maximum absolute atomic E-state index is 10.9. The van der Waals surface area contributed by atoms with Crippen LogP contribution in [0.25, 0.3) is 16.5 Å². The summed E-state index contributed by atoms with van der Waals surface area (Å²) in [7, 11) is 4.68. The maximum atomic E-state index is 10.9. The van der Waals surface area contributed by atoms with Crippen LogP contribution in [0.3, 0.4) is 0 Å². The third-order valence-electron chi connectivity index (χ3n) is 3.99. The summed E-state index contributed by atoms with van der Waals surface area (Å²) in [4.78, 5) is 10.9. The molecule has 0 fully saturated rings. The summed E-state index contributed by atoms with van der Waals surface area (Å²) in [5.41, 5.74) is 2.65. The molecule has 25 heavy (non-hydrogen) atoms. The first-order valence-electron chi connectivity index (χ1n) is 7.59. The number of fused-ring (bicyclic) bond motifs is 1. The molecule has 0 spiro atoms. The highest BCUT2D eigenvalue weighted by Crippen LogP contribution is 2.41. The molecule has 0 atom stereocenters. The third-order valence-corrected chi connectivity index (χ3v) is 3.99. The maximum Gasteiger partial charge on any atom is 0.203 e. The standard InChI is InChI=1S/C20H18O5/c1-12(15-9-18(22-2)20(24-4)19(10-15)23-3)16-8-14-6-5-13(11-21)7-17(14)25-16/h5-11H,1H2,2-4H3. The smallest absolute Gasteiger partial charge is 0.203 e. The van der Waals surface area contributed by atoms with Gasteiger partial charge < -0.3 is 18.6 Å². The summed E-state index contributed by atoms with van der Waals surface area (Å²) in [6.45, 7) is 4.12. The molecule has 0 saturated carbocycles. The van der Waals surface area contributed by atoms with Crippen molar-refractivity contribution in [3.63, 3.8) is 0 Å². The number of rotatable bonds is 6. The highest BCUT2D eigenvalue weighted by atomic mass is 16.5. The Labute approximate surface area is 145 Å². The summed E-state index contributed by atoms with van der Waals surface area (Å²) in [6.07, 6.45) is 0.787. The Morgan fingerprint density at radius 2 is 1.68 bits per heavy atom. The van der Waals surface area contributed by atoms with Crippen molar-refractivity contribution < 1.29 is 23.4 Å². The van der Waals surface area contributed by atoms with Gasteiger partial charge in [0.2, 0.25) is 5.75 Å². The van der Waals surface area contributed by atoms with Crippen molar-refractivity contribution in [2.75, 3.05) is 21.3 Å². The van der Waals surface area contributed by atoms with Crippen LogP contribution in [-0.4, -0.2) is 27.6 Å². The van der Waals surface area contributed by atoms with Crippen LogP contribution in [0.4, 0.5) is 0 Å². The summed E-state index contributed by atoms with van der Waals surface area (Å²) >= 11 is 0. The fourth-order valence-corrected chi connectivity index (χ4v) is 2.67. The quantitative estimate of drug-likeness (QED) is 0.626. The lowest BCUT2D eigenvalue weighted by atomic mass is 10.0. The number of benzene rings is 2. The molecule has 1 aromatic heterocycles. The second-order valence-electron chi connectivity index (χ2n) is 5.42. The summed E-state index contributed by atoms with van der Waals surface area (Å²) < 4.78 is 22.0. The Bertz CT molecular complexity index is 927. The van der Waals surface area contributed by atoms with Crippen LogP contribution in [0.5, 0.6) is 17.2 Å². The van der Waals surface area contributed by atoms with Crippen molar-refractivity contribution in [2.45, 2.75) is 0 Å². The van der Waals surface area contributed by atoms with Gasteiger partial charge in [-0.05, 0) is 29.8 Å². The second-order valence-corrected chi connectivity index (χ2v) is 5.42. The average molecular weight is 338 g/mol. The van der Waals surface area contributed by atoms with Gasteiger partial charge in [0.1, 0.15) is 17.6 Å². The predicted octanol–water partition coefficient (Wildman–Crippen LogP) is 4.33. The molecule has 2 aromatic carbocycles. The number of methoxy groups -OCH3 is 3. The minimum Gasteiger partial charge on any atom is -0.493 e. The molecule has 0 unspecified atom stereocenters. The fourth-order valence-electron chi connectivity index (χ4n) is 2.67. The van der Waals surface area contributed by atoms with Gasteiger partial charge in [-0.3, -0.25) is 4.79 Å². The van der Waals surface area contributed by atoms with Crippen molar-refractivity contribution in [2.24, 2.45) is 0 Å². The highest BCUT2D eigenvalue weighted by Gasteiger charge is 2.17. The van der Waals surface area contributed by atoms with Crippen molar-refractivity contribution >= 4 is 22.8 Å². The first-order valence-corrected chi connectivity index (χ1v) is 7.59. The van der Waals surface area contributed by atoms with E-state index in [2.05, 4.69) is 6.58 Å². The van der Waals surface area contributed by atoms with Crippen LogP contribution in [0, 0.1) is 0 Å². The zero-order valence-electron chi connectivity index (χ0n) is 14.3. The first kappa shape index (κ1) is 16.6. The van der Waals surface area contributed by atoms with Gasteiger partial charge in [0.25, 0.3) is 0 Å². The normalized spacial score (nSPS) is 10.5. The van der Waals surface area contributed by atoms with Gasteiger partial charge in [-0.2, -0.15) is 0 Å². The van der Waals surface area contributed by atoms with Gasteiger partial charge in [0.15, 0.2) is 11.5 Å². The molecule has 0 N–H and O–H groups in total. The van der Waals surface area contributed by atoms with Crippen molar-refractivity contribution in [1.82, 2.24) is 0 Å². The molecule has 0 bridgehead atoms. The first-order chi connectivity index (χ1) is 12.1. The lowest BCUT2D eigenvalue weighted by Crippen LogP contribution is -1.97. The third kappa shape index (κ3) is 2.96. The van der Waals surface area contributed by atoms with Gasteiger partial charge in [0.05, 0.1) is 21.3 Å². The molecular formula is C20H18O5. The number of ether oxygens (including phenoxy) is 3. The van der Waals surface area contributed by atoms with Crippen LogP contribution in [-0.2, 0) is 0 Å². The number of carbonyl (C=O) groups is 1. The minimum absolute atomic E-state index is 0.516. The van der Waals surface area contributed by atoms with Gasteiger partial charge in [0, 0.05) is 16.5 Å². The van der Waals surface area contributed by atoms with Crippen LogP contribution < -0.4 is 14.2 Å². The Hall–Kier alpha value is -3.21. The van der Waals surface area contributed by atoms with E-state index in [0.717, 1.165) is 17.2 Å². The van der Waals surface area contributed by atoms with Crippen molar-refractivity contribution in [1.29, 1.82) is 0 Å².